The SMILES string of the molecule is CC1(C)c2ccccc2-c2cc3c4ccccc4n(-c4ccc5c(c4)oc4cc(-c6ccc7c(c6)oc6ccccc67)ccc45)c3cc21. The minimum absolute atomic E-state index is 0.0727. The van der Waals surface area contributed by atoms with Gasteiger partial charge in [0.05, 0.1) is 11.0 Å². The Morgan fingerprint density at radius 1 is 0.417 bits per heavy atom. The van der Waals surface area contributed by atoms with E-state index in [0.717, 1.165) is 60.7 Å². The Hall–Kier alpha value is -6.06. The smallest absolute Gasteiger partial charge is 0.137 e. The summed E-state index contributed by atoms with van der Waals surface area (Å²) in [7, 11) is 0. The zero-order valence-electron chi connectivity index (χ0n) is 26.5. The van der Waals surface area contributed by atoms with E-state index < -0.39 is 0 Å². The first kappa shape index (κ1) is 26.1. The van der Waals surface area contributed by atoms with Crippen molar-refractivity contribution >= 4 is 65.7 Å². The average Bonchev–Trinajstić information content (AvgIpc) is 3.83. The summed E-state index contributed by atoms with van der Waals surface area (Å²) in [6.07, 6.45) is 0. The molecule has 11 rings (SSSR count). The third-order valence-electron chi connectivity index (χ3n) is 10.8. The lowest BCUT2D eigenvalue weighted by Crippen LogP contribution is -2.14. The molecule has 0 aliphatic heterocycles. The van der Waals surface area contributed by atoms with Crippen molar-refractivity contribution in [1.29, 1.82) is 0 Å². The van der Waals surface area contributed by atoms with Crippen LogP contribution in [0.15, 0.2) is 148 Å². The predicted octanol–water partition coefficient (Wildman–Crippen LogP) is 12.6. The Balaban J connectivity index is 1.07. The van der Waals surface area contributed by atoms with Crippen LogP contribution in [0.4, 0.5) is 0 Å². The number of rotatable bonds is 2. The van der Waals surface area contributed by atoms with Crippen molar-refractivity contribution in [3.8, 4) is 27.9 Å². The van der Waals surface area contributed by atoms with Gasteiger partial charge in [-0.05, 0) is 94.0 Å². The van der Waals surface area contributed by atoms with Crippen molar-refractivity contribution in [3.05, 3.63) is 151 Å². The third kappa shape index (κ3) is 3.38. The molecule has 7 aromatic carbocycles. The molecule has 0 saturated heterocycles. The molecule has 0 bridgehead atoms. The lowest BCUT2D eigenvalue weighted by molar-refractivity contribution is 0.661. The zero-order valence-corrected chi connectivity index (χ0v) is 26.5. The molecular weight excluding hydrogens is 587 g/mol. The van der Waals surface area contributed by atoms with Crippen molar-refractivity contribution in [2.75, 3.05) is 0 Å². The molecule has 48 heavy (non-hydrogen) atoms. The summed E-state index contributed by atoms with van der Waals surface area (Å²) in [6, 6.07) is 50.3. The van der Waals surface area contributed by atoms with Gasteiger partial charge in [0.15, 0.2) is 0 Å². The van der Waals surface area contributed by atoms with Crippen LogP contribution in [-0.2, 0) is 5.41 Å². The van der Waals surface area contributed by atoms with Gasteiger partial charge < -0.3 is 13.4 Å². The highest BCUT2D eigenvalue weighted by Gasteiger charge is 2.36. The second-order valence-corrected chi connectivity index (χ2v) is 13.7. The van der Waals surface area contributed by atoms with Gasteiger partial charge in [-0.25, -0.2) is 0 Å². The van der Waals surface area contributed by atoms with Crippen LogP contribution in [0.3, 0.4) is 0 Å². The summed E-state index contributed by atoms with van der Waals surface area (Å²) in [5.74, 6) is 0. The van der Waals surface area contributed by atoms with E-state index in [1.165, 1.54) is 44.1 Å². The van der Waals surface area contributed by atoms with Crippen LogP contribution >= 0.6 is 0 Å². The summed E-state index contributed by atoms with van der Waals surface area (Å²) in [5, 5.41) is 7.04. The van der Waals surface area contributed by atoms with E-state index in [1.54, 1.807) is 0 Å². The second kappa shape index (κ2) is 9.05. The van der Waals surface area contributed by atoms with Gasteiger partial charge in [0.25, 0.3) is 0 Å². The fourth-order valence-corrected chi connectivity index (χ4v) is 8.43. The molecule has 0 N–H and O–H groups in total. The van der Waals surface area contributed by atoms with Crippen molar-refractivity contribution in [3.63, 3.8) is 0 Å². The van der Waals surface area contributed by atoms with Crippen molar-refractivity contribution in [2.45, 2.75) is 19.3 Å². The van der Waals surface area contributed by atoms with Crippen LogP contribution in [0.1, 0.15) is 25.0 Å². The Morgan fingerprint density at radius 2 is 1.02 bits per heavy atom. The lowest BCUT2D eigenvalue weighted by atomic mass is 9.82. The lowest BCUT2D eigenvalue weighted by Gasteiger charge is -2.21. The largest absolute Gasteiger partial charge is 0.456 e. The Bertz CT molecular complexity index is 2980. The van der Waals surface area contributed by atoms with E-state index in [-0.39, 0.29) is 5.41 Å². The van der Waals surface area contributed by atoms with Gasteiger partial charge in [-0.2, -0.15) is 0 Å². The molecule has 0 saturated carbocycles. The number of furan rings is 2. The zero-order chi connectivity index (χ0) is 31.7. The highest BCUT2D eigenvalue weighted by molar-refractivity contribution is 6.13. The van der Waals surface area contributed by atoms with Gasteiger partial charge in [-0.15, -0.1) is 0 Å². The van der Waals surface area contributed by atoms with E-state index in [9.17, 15) is 0 Å². The average molecular weight is 616 g/mol. The molecule has 0 fully saturated rings. The fraction of sp³-hybridized carbons (Fsp3) is 0.0667. The molecule has 10 aromatic rings. The van der Waals surface area contributed by atoms with Gasteiger partial charge >= 0.3 is 0 Å². The molecule has 1 aliphatic rings. The maximum Gasteiger partial charge on any atom is 0.137 e. The minimum atomic E-state index is -0.0727. The monoisotopic (exact) mass is 615 g/mol. The molecule has 0 atom stereocenters. The molecule has 226 valence electrons. The molecular formula is C45H29NO2. The molecule has 0 spiro atoms. The van der Waals surface area contributed by atoms with Gasteiger partial charge in [0, 0.05) is 49.5 Å². The van der Waals surface area contributed by atoms with Crippen LogP contribution < -0.4 is 0 Å². The van der Waals surface area contributed by atoms with Crippen LogP contribution in [0.5, 0.6) is 0 Å². The Labute approximate surface area is 276 Å². The quantitative estimate of drug-likeness (QED) is 0.194. The molecule has 3 nitrogen and oxygen atoms in total. The minimum Gasteiger partial charge on any atom is -0.456 e. The van der Waals surface area contributed by atoms with E-state index in [0.29, 0.717) is 0 Å². The van der Waals surface area contributed by atoms with E-state index in [1.807, 2.05) is 12.1 Å². The number of hydrogen-bond donors (Lipinski definition) is 0. The molecule has 0 amide bonds. The van der Waals surface area contributed by atoms with E-state index in [2.05, 4.69) is 146 Å². The standard InChI is InChI=1S/C45H29NO2/c1-45(2)37-12-6-3-9-29(37)35-24-36-30-10-4-7-13-39(30)46(40(36)25-38(35)45)28-17-20-34-33-19-16-27(22-43(33)48-44(34)23-28)26-15-18-32-31-11-5-8-14-41(31)47-42(32)21-26/h3-25H,1-2H3. The first-order valence-corrected chi connectivity index (χ1v) is 16.6. The maximum atomic E-state index is 6.63. The molecule has 3 heteroatoms. The first-order valence-electron chi connectivity index (χ1n) is 16.6. The normalized spacial score (nSPS) is 13.8. The van der Waals surface area contributed by atoms with E-state index in [4.69, 9.17) is 8.83 Å². The Kier molecular flexibility index (Phi) is 4.91. The van der Waals surface area contributed by atoms with Crippen LogP contribution in [0.25, 0.3) is 93.6 Å². The highest BCUT2D eigenvalue weighted by Crippen LogP contribution is 2.51. The van der Waals surface area contributed by atoms with Crippen molar-refractivity contribution in [1.82, 2.24) is 4.57 Å². The first-order chi connectivity index (χ1) is 23.5. The molecule has 0 unspecified atom stereocenters. The van der Waals surface area contributed by atoms with Gasteiger partial charge in [0.2, 0.25) is 0 Å². The van der Waals surface area contributed by atoms with Gasteiger partial charge in [-0.3, -0.25) is 0 Å². The number of aromatic nitrogens is 1. The maximum absolute atomic E-state index is 6.63. The number of hydrogen-bond acceptors (Lipinski definition) is 2. The fourth-order valence-electron chi connectivity index (χ4n) is 8.43. The van der Waals surface area contributed by atoms with Crippen LogP contribution in [0, 0.1) is 0 Å². The molecule has 3 heterocycles. The van der Waals surface area contributed by atoms with Crippen molar-refractivity contribution in [2.24, 2.45) is 0 Å². The summed E-state index contributed by atoms with van der Waals surface area (Å²) < 4.78 is 15.2. The molecule has 0 radical (unpaired) electrons. The molecule has 3 aromatic heterocycles. The van der Waals surface area contributed by atoms with E-state index >= 15 is 0 Å². The topological polar surface area (TPSA) is 31.2 Å². The summed E-state index contributed by atoms with van der Waals surface area (Å²) in [4.78, 5) is 0. The highest BCUT2D eigenvalue weighted by atomic mass is 16.3. The third-order valence-corrected chi connectivity index (χ3v) is 10.8. The Morgan fingerprint density at radius 3 is 1.81 bits per heavy atom. The van der Waals surface area contributed by atoms with Gasteiger partial charge in [0.1, 0.15) is 22.3 Å². The number of para-hydroxylation sites is 2. The number of fused-ring (bicyclic) bond motifs is 12. The summed E-state index contributed by atoms with van der Waals surface area (Å²) in [6.45, 7) is 4.69. The summed E-state index contributed by atoms with van der Waals surface area (Å²) >= 11 is 0. The summed E-state index contributed by atoms with van der Waals surface area (Å²) in [5.41, 5.74) is 14.7. The van der Waals surface area contributed by atoms with Crippen LogP contribution in [-0.4, -0.2) is 4.57 Å². The van der Waals surface area contributed by atoms with Crippen LogP contribution in [0.2, 0.25) is 0 Å². The predicted molar refractivity (Wildman–Crippen MR) is 198 cm³/mol. The molecule has 1 aliphatic carbocycles. The number of benzene rings is 7. The van der Waals surface area contributed by atoms with Crippen molar-refractivity contribution < 1.29 is 8.83 Å². The second-order valence-electron chi connectivity index (χ2n) is 13.7. The van der Waals surface area contributed by atoms with Gasteiger partial charge in [-0.1, -0.05) is 86.6 Å². The number of nitrogens with zero attached hydrogens (tertiary/aromatic N) is 1.